The van der Waals surface area contributed by atoms with Gasteiger partial charge in [-0.1, -0.05) is 36.4 Å². The smallest absolute Gasteiger partial charge is 0.258 e. The van der Waals surface area contributed by atoms with Crippen LogP contribution < -0.4 is 10.1 Å². The predicted molar refractivity (Wildman–Crippen MR) is 96.5 cm³/mol. The van der Waals surface area contributed by atoms with Gasteiger partial charge in [0.2, 0.25) is 0 Å². The molecule has 0 saturated carbocycles. The van der Waals surface area contributed by atoms with Crippen molar-refractivity contribution in [3.63, 3.8) is 0 Å². The van der Waals surface area contributed by atoms with E-state index in [1.807, 2.05) is 74.5 Å². The monoisotopic (exact) mass is 335 g/mol. The molecule has 3 aromatic rings. The average Bonchev–Trinajstić information content (AvgIpc) is 3.16. The van der Waals surface area contributed by atoms with Crippen LogP contribution in [0, 0.1) is 13.8 Å². The number of carbonyl (C=O) groups is 1. The molecule has 4 heteroatoms. The van der Waals surface area contributed by atoms with Crippen molar-refractivity contribution in [2.24, 2.45) is 0 Å². The average molecular weight is 335 g/mol. The second kappa shape index (κ2) is 7.71. The van der Waals surface area contributed by atoms with Gasteiger partial charge in [0.25, 0.3) is 5.91 Å². The summed E-state index contributed by atoms with van der Waals surface area (Å²) in [4.78, 5) is 12.4. The molecule has 25 heavy (non-hydrogen) atoms. The number of aryl methyl sites for hydroxylation is 2. The Morgan fingerprint density at radius 2 is 1.84 bits per heavy atom. The van der Waals surface area contributed by atoms with E-state index in [0.717, 1.165) is 11.1 Å². The zero-order valence-corrected chi connectivity index (χ0v) is 14.4. The third-order valence-electron chi connectivity index (χ3n) is 4.11. The largest absolute Gasteiger partial charge is 0.484 e. The van der Waals surface area contributed by atoms with Crippen LogP contribution in [0.3, 0.4) is 0 Å². The first-order valence-electron chi connectivity index (χ1n) is 8.21. The molecule has 1 amide bonds. The van der Waals surface area contributed by atoms with Gasteiger partial charge < -0.3 is 14.5 Å². The molecule has 0 fully saturated rings. The van der Waals surface area contributed by atoms with Crippen LogP contribution >= 0.6 is 0 Å². The fourth-order valence-electron chi connectivity index (χ4n) is 2.57. The van der Waals surface area contributed by atoms with E-state index in [-0.39, 0.29) is 18.6 Å². The highest BCUT2D eigenvalue weighted by molar-refractivity contribution is 5.78. The molecule has 4 nitrogen and oxygen atoms in total. The summed E-state index contributed by atoms with van der Waals surface area (Å²) in [5.74, 6) is 1.17. The molecule has 0 spiro atoms. The number of rotatable bonds is 6. The van der Waals surface area contributed by atoms with E-state index in [1.165, 1.54) is 5.56 Å². The van der Waals surface area contributed by atoms with E-state index in [4.69, 9.17) is 9.15 Å². The van der Waals surface area contributed by atoms with Gasteiger partial charge in [0.05, 0.1) is 6.26 Å². The number of nitrogens with one attached hydrogen (secondary N) is 1. The van der Waals surface area contributed by atoms with E-state index in [9.17, 15) is 4.79 Å². The molecule has 128 valence electrons. The number of hydrogen-bond acceptors (Lipinski definition) is 3. The zero-order chi connectivity index (χ0) is 17.6. The summed E-state index contributed by atoms with van der Waals surface area (Å²) in [6, 6.07) is 18.8. The van der Waals surface area contributed by atoms with Crippen molar-refractivity contribution in [3.05, 3.63) is 89.4 Å². The molecule has 0 saturated heterocycles. The van der Waals surface area contributed by atoms with Crippen molar-refractivity contribution in [2.45, 2.75) is 19.9 Å². The Hall–Kier alpha value is -3.01. The molecule has 1 N–H and O–H groups in total. The van der Waals surface area contributed by atoms with E-state index in [0.29, 0.717) is 11.5 Å². The summed E-state index contributed by atoms with van der Waals surface area (Å²) >= 11 is 0. The highest BCUT2D eigenvalue weighted by Crippen LogP contribution is 2.22. The Morgan fingerprint density at radius 1 is 1.04 bits per heavy atom. The predicted octanol–water partition coefficient (Wildman–Crippen LogP) is 4.18. The number of ether oxygens (including phenoxy) is 1. The molecule has 3 rings (SSSR count). The lowest BCUT2D eigenvalue weighted by Gasteiger charge is -2.17. The van der Waals surface area contributed by atoms with E-state index < -0.39 is 0 Å². The minimum Gasteiger partial charge on any atom is -0.484 e. The van der Waals surface area contributed by atoms with Crippen LogP contribution in [-0.4, -0.2) is 12.5 Å². The Morgan fingerprint density at radius 3 is 2.52 bits per heavy atom. The molecule has 1 atom stereocenters. The highest BCUT2D eigenvalue weighted by atomic mass is 16.5. The Kier molecular flexibility index (Phi) is 5.19. The van der Waals surface area contributed by atoms with Crippen molar-refractivity contribution >= 4 is 5.91 Å². The second-order valence-corrected chi connectivity index (χ2v) is 5.96. The molecular weight excluding hydrogens is 314 g/mol. The quantitative estimate of drug-likeness (QED) is 0.735. The minimum atomic E-state index is -0.341. The Balaban J connectivity index is 1.67. The molecule has 1 aromatic heterocycles. The summed E-state index contributed by atoms with van der Waals surface area (Å²) in [5, 5.41) is 2.97. The maximum absolute atomic E-state index is 12.4. The number of furan rings is 1. The summed E-state index contributed by atoms with van der Waals surface area (Å²) in [5.41, 5.74) is 3.28. The first kappa shape index (κ1) is 16.8. The number of hydrogen-bond donors (Lipinski definition) is 1. The van der Waals surface area contributed by atoms with Crippen molar-refractivity contribution in [2.75, 3.05) is 6.61 Å². The third-order valence-corrected chi connectivity index (χ3v) is 4.11. The maximum atomic E-state index is 12.4. The lowest BCUT2D eigenvalue weighted by Crippen LogP contribution is -2.33. The van der Waals surface area contributed by atoms with Gasteiger partial charge >= 0.3 is 0 Å². The first-order chi connectivity index (χ1) is 12.1. The van der Waals surface area contributed by atoms with Gasteiger partial charge in [0.1, 0.15) is 17.6 Å². The fourth-order valence-corrected chi connectivity index (χ4v) is 2.57. The van der Waals surface area contributed by atoms with E-state index in [1.54, 1.807) is 6.26 Å². The SMILES string of the molecule is Cc1ccc(OCC(=O)N[C@@H](c2ccccc2)c2ccco2)cc1C. The standard InChI is InChI=1S/C21H21NO3/c1-15-10-11-18(13-16(15)2)25-14-20(23)22-21(19-9-6-12-24-19)17-7-4-3-5-8-17/h3-13,21H,14H2,1-2H3,(H,22,23)/t21-/m0/s1. The number of benzene rings is 2. The summed E-state index contributed by atoms with van der Waals surface area (Å²) in [7, 11) is 0. The summed E-state index contributed by atoms with van der Waals surface area (Å²) < 4.78 is 11.1. The molecule has 1 heterocycles. The van der Waals surface area contributed by atoms with Crippen molar-refractivity contribution < 1.29 is 13.9 Å². The van der Waals surface area contributed by atoms with Gasteiger partial charge in [0, 0.05) is 0 Å². The molecule has 2 aromatic carbocycles. The molecule has 0 unspecified atom stereocenters. The van der Waals surface area contributed by atoms with Crippen LogP contribution in [0.2, 0.25) is 0 Å². The Labute approximate surface area is 147 Å². The second-order valence-electron chi connectivity index (χ2n) is 5.96. The third kappa shape index (κ3) is 4.29. The summed E-state index contributed by atoms with van der Waals surface area (Å²) in [6.45, 7) is 4.01. The highest BCUT2D eigenvalue weighted by Gasteiger charge is 2.19. The van der Waals surface area contributed by atoms with Gasteiger partial charge in [-0.2, -0.15) is 0 Å². The lowest BCUT2D eigenvalue weighted by molar-refractivity contribution is -0.123. The van der Waals surface area contributed by atoms with Gasteiger partial charge in [0.15, 0.2) is 6.61 Å². The van der Waals surface area contributed by atoms with Crippen molar-refractivity contribution in [1.29, 1.82) is 0 Å². The zero-order valence-electron chi connectivity index (χ0n) is 14.4. The summed E-state index contributed by atoms with van der Waals surface area (Å²) in [6.07, 6.45) is 1.60. The number of carbonyl (C=O) groups excluding carboxylic acids is 1. The molecular formula is C21H21NO3. The van der Waals surface area contributed by atoms with Gasteiger partial charge in [-0.25, -0.2) is 0 Å². The van der Waals surface area contributed by atoms with Crippen LogP contribution in [0.4, 0.5) is 0 Å². The van der Waals surface area contributed by atoms with Crippen LogP contribution in [0.1, 0.15) is 28.5 Å². The van der Waals surface area contributed by atoms with E-state index >= 15 is 0 Å². The van der Waals surface area contributed by atoms with Crippen molar-refractivity contribution in [1.82, 2.24) is 5.32 Å². The maximum Gasteiger partial charge on any atom is 0.258 e. The normalized spacial score (nSPS) is 11.8. The van der Waals surface area contributed by atoms with E-state index in [2.05, 4.69) is 5.32 Å². The van der Waals surface area contributed by atoms with Crippen LogP contribution in [0.15, 0.2) is 71.3 Å². The Bertz CT molecular complexity index is 826. The fraction of sp³-hybridized carbons (Fsp3) is 0.190. The molecule has 0 aliphatic carbocycles. The molecule has 0 radical (unpaired) electrons. The van der Waals surface area contributed by atoms with Crippen molar-refractivity contribution in [3.8, 4) is 5.75 Å². The van der Waals surface area contributed by atoms with Crippen LogP contribution in [0.25, 0.3) is 0 Å². The molecule has 0 bridgehead atoms. The molecule has 0 aliphatic rings. The number of amides is 1. The molecule has 0 aliphatic heterocycles. The van der Waals surface area contributed by atoms with Crippen LogP contribution in [-0.2, 0) is 4.79 Å². The lowest BCUT2D eigenvalue weighted by atomic mass is 10.0. The first-order valence-corrected chi connectivity index (χ1v) is 8.21. The minimum absolute atomic E-state index is 0.0491. The van der Waals surface area contributed by atoms with Gasteiger partial charge in [-0.15, -0.1) is 0 Å². The van der Waals surface area contributed by atoms with Gasteiger partial charge in [-0.05, 0) is 54.8 Å². The van der Waals surface area contributed by atoms with Crippen LogP contribution in [0.5, 0.6) is 5.75 Å². The topological polar surface area (TPSA) is 51.5 Å². The van der Waals surface area contributed by atoms with Gasteiger partial charge in [-0.3, -0.25) is 4.79 Å².